The third-order valence-electron chi connectivity index (χ3n) is 2.72. The van der Waals surface area contributed by atoms with Crippen LogP contribution in [-0.2, 0) is 14.3 Å². The van der Waals surface area contributed by atoms with Crippen LogP contribution >= 0.6 is 0 Å². The van der Waals surface area contributed by atoms with Crippen LogP contribution in [0.25, 0.3) is 0 Å². The lowest BCUT2D eigenvalue weighted by molar-refractivity contribution is -0.156. The number of nitrogens with one attached hydrogen (secondary N) is 1. The molecule has 1 unspecified atom stereocenters. The van der Waals surface area contributed by atoms with E-state index in [0.29, 0.717) is 18.9 Å². The summed E-state index contributed by atoms with van der Waals surface area (Å²) in [4.78, 5) is 23.2. The largest absolute Gasteiger partial charge is 0.494 e. The topological polar surface area (TPSA) is 73.9 Å². The Kier molecular flexibility index (Phi) is 7.81. The number of benzene rings is 1. The summed E-state index contributed by atoms with van der Waals surface area (Å²) in [5, 5.41) is 2.66. The van der Waals surface area contributed by atoms with Gasteiger partial charge in [-0.3, -0.25) is 4.79 Å². The lowest BCUT2D eigenvalue weighted by Crippen LogP contribution is -2.37. The van der Waals surface area contributed by atoms with Gasteiger partial charge in [0.1, 0.15) is 11.5 Å². The van der Waals surface area contributed by atoms with Crippen LogP contribution in [0.2, 0.25) is 0 Å². The molecule has 0 saturated heterocycles. The van der Waals surface area contributed by atoms with Gasteiger partial charge in [0.25, 0.3) is 5.91 Å². The zero-order valence-electron chi connectivity index (χ0n) is 13.3. The monoisotopic (exact) mass is 309 g/mol. The van der Waals surface area contributed by atoms with Gasteiger partial charge in [0, 0.05) is 6.54 Å². The first kappa shape index (κ1) is 17.8. The summed E-state index contributed by atoms with van der Waals surface area (Å²) in [6.45, 7) is 6.27. The molecule has 0 aliphatic carbocycles. The van der Waals surface area contributed by atoms with Crippen LogP contribution in [0.3, 0.4) is 0 Å². The highest BCUT2D eigenvalue weighted by atomic mass is 16.6. The van der Waals surface area contributed by atoms with Crippen molar-refractivity contribution in [3.05, 3.63) is 24.3 Å². The van der Waals surface area contributed by atoms with Crippen LogP contribution in [0.1, 0.15) is 27.2 Å². The van der Waals surface area contributed by atoms with Gasteiger partial charge in [-0.05, 0) is 44.5 Å². The number of amides is 1. The fraction of sp³-hybridized carbons (Fsp3) is 0.500. The Labute approximate surface area is 130 Å². The minimum absolute atomic E-state index is 0.251. The lowest BCUT2D eigenvalue weighted by atomic mass is 10.3. The average Bonchev–Trinajstić information content (AvgIpc) is 2.52. The molecule has 0 heterocycles. The van der Waals surface area contributed by atoms with Crippen LogP contribution < -0.4 is 14.8 Å². The zero-order valence-corrected chi connectivity index (χ0v) is 13.3. The SMILES string of the molecule is CCCNC(=O)C(C)OC(=O)COc1ccc(OCC)cc1. The highest BCUT2D eigenvalue weighted by Gasteiger charge is 2.17. The van der Waals surface area contributed by atoms with Gasteiger partial charge in [-0.15, -0.1) is 0 Å². The van der Waals surface area contributed by atoms with Gasteiger partial charge in [-0.25, -0.2) is 4.79 Å². The Hall–Kier alpha value is -2.24. The smallest absolute Gasteiger partial charge is 0.344 e. The van der Waals surface area contributed by atoms with Gasteiger partial charge in [-0.1, -0.05) is 6.92 Å². The molecular formula is C16H23NO5. The van der Waals surface area contributed by atoms with E-state index in [1.807, 2.05) is 13.8 Å². The van der Waals surface area contributed by atoms with Crippen molar-refractivity contribution in [1.29, 1.82) is 0 Å². The summed E-state index contributed by atoms with van der Waals surface area (Å²) in [5.41, 5.74) is 0. The third kappa shape index (κ3) is 6.47. The molecule has 122 valence electrons. The normalized spacial score (nSPS) is 11.4. The standard InChI is InChI=1S/C16H23NO5/c1-4-10-17-16(19)12(3)22-15(18)11-21-14-8-6-13(7-9-14)20-5-2/h6-9,12H,4-5,10-11H2,1-3H3,(H,17,19). The second-order valence-electron chi connectivity index (χ2n) is 4.62. The predicted molar refractivity (Wildman–Crippen MR) is 82.0 cm³/mol. The van der Waals surface area contributed by atoms with Gasteiger partial charge < -0.3 is 19.5 Å². The predicted octanol–water partition coefficient (Wildman–Crippen LogP) is 1.92. The van der Waals surface area contributed by atoms with Crippen molar-refractivity contribution in [3.8, 4) is 11.5 Å². The number of carbonyl (C=O) groups excluding carboxylic acids is 2. The summed E-state index contributed by atoms with van der Waals surface area (Å²) in [6.07, 6.45) is -0.00393. The van der Waals surface area contributed by atoms with E-state index >= 15 is 0 Å². The zero-order chi connectivity index (χ0) is 16.4. The maximum absolute atomic E-state index is 11.6. The van der Waals surface area contributed by atoms with E-state index in [0.717, 1.165) is 12.2 Å². The van der Waals surface area contributed by atoms with Gasteiger partial charge >= 0.3 is 5.97 Å². The molecule has 6 nitrogen and oxygen atoms in total. The summed E-state index contributed by atoms with van der Waals surface area (Å²) in [7, 11) is 0. The van der Waals surface area contributed by atoms with E-state index in [2.05, 4.69) is 5.32 Å². The molecule has 0 spiro atoms. The molecule has 1 N–H and O–H groups in total. The highest BCUT2D eigenvalue weighted by Crippen LogP contribution is 2.17. The number of hydrogen-bond acceptors (Lipinski definition) is 5. The van der Waals surface area contributed by atoms with Crippen molar-refractivity contribution in [3.63, 3.8) is 0 Å². The molecule has 6 heteroatoms. The van der Waals surface area contributed by atoms with Gasteiger partial charge in [0.2, 0.25) is 0 Å². The Morgan fingerprint density at radius 2 is 1.68 bits per heavy atom. The Bertz CT molecular complexity index is 472. The number of rotatable bonds is 9. The minimum atomic E-state index is -0.831. The quantitative estimate of drug-likeness (QED) is 0.706. The second kappa shape index (κ2) is 9.65. The lowest BCUT2D eigenvalue weighted by Gasteiger charge is -2.13. The molecule has 1 atom stereocenters. The molecule has 1 aromatic carbocycles. The summed E-state index contributed by atoms with van der Waals surface area (Å²) in [6, 6.07) is 6.92. The first-order valence-corrected chi connectivity index (χ1v) is 7.39. The molecule has 1 amide bonds. The van der Waals surface area contributed by atoms with Crippen LogP contribution in [0, 0.1) is 0 Å². The van der Waals surface area contributed by atoms with E-state index < -0.39 is 12.1 Å². The van der Waals surface area contributed by atoms with E-state index in [1.165, 1.54) is 6.92 Å². The minimum Gasteiger partial charge on any atom is -0.494 e. The first-order valence-electron chi connectivity index (χ1n) is 7.39. The van der Waals surface area contributed by atoms with Crippen molar-refractivity contribution in [2.45, 2.75) is 33.3 Å². The van der Waals surface area contributed by atoms with Crippen molar-refractivity contribution < 1.29 is 23.8 Å². The van der Waals surface area contributed by atoms with Gasteiger partial charge in [0.15, 0.2) is 12.7 Å². The second-order valence-corrected chi connectivity index (χ2v) is 4.62. The Morgan fingerprint density at radius 3 is 2.23 bits per heavy atom. The van der Waals surface area contributed by atoms with Crippen LogP contribution in [0.4, 0.5) is 0 Å². The summed E-state index contributed by atoms with van der Waals surface area (Å²) < 4.78 is 15.6. The van der Waals surface area contributed by atoms with Gasteiger partial charge in [0.05, 0.1) is 6.61 Å². The first-order chi connectivity index (χ1) is 10.6. The Balaban J connectivity index is 2.34. The molecule has 0 aromatic heterocycles. The molecule has 0 aliphatic rings. The van der Waals surface area contributed by atoms with Crippen LogP contribution in [-0.4, -0.2) is 37.7 Å². The molecule has 0 fully saturated rings. The molecule has 0 aliphatic heterocycles. The van der Waals surface area contributed by atoms with E-state index in [4.69, 9.17) is 14.2 Å². The number of hydrogen-bond donors (Lipinski definition) is 1. The van der Waals surface area contributed by atoms with E-state index in [-0.39, 0.29) is 12.5 Å². The number of ether oxygens (including phenoxy) is 3. The van der Waals surface area contributed by atoms with E-state index in [9.17, 15) is 9.59 Å². The Morgan fingerprint density at radius 1 is 1.09 bits per heavy atom. The van der Waals surface area contributed by atoms with Gasteiger partial charge in [-0.2, -0.15) is 0 Å². The van der Waals surface area contributed by atoms with Crippen molar-refractivity contribution >= 4 is 11.9 Å². The van der Waals surface area contributed by atoms with Crippen molar-refractivity contribution in [2.24, 2.45) is 0 Å². The van der Waals surface area contributed by atoms with Crippen molar-refractivity contribution in [2.75, 3.05) is 19.8 Å². The molecular weight excluding hydrogens is 286 g/mol. The highest BCUT2D eigenvalue weighted by molar-refractivity contribution is 5.83. The molecule has 0 bridgehead atoms. The third-order valence-corrected chi connectivity index (χ3v) is 2.72. The number of carbonyl (C=O) groups is 2. The fourth-order valence-electron chi connectivity index (χ4n) is 1.62. The van der Waals surface area contributed by atoms with E-state index in [1.54, 1.807) is 24.3 Å². The molecule has 1 rings (SSSR count). The maximum atomic E-state index is 11.6. The average molecular weight is 309 g/mol. The molecule has 0 radical (unpaired) electrons. The maximum Gasteiger partial charge on any atom is 0.344 e. The summed E-state index contributed by atoms with van der Waals surface area (Å²) >= 11 is 0. The molecule has 1 aromatic rings. The molecule has 0 saturated carbocycles. The number of esters is 1. The van der Waals surface area contributed by atoms with Crippen molar-refractivity contribution in [1.82, 2.24) is 5.32 Å². The molecule has 22 heavy (non-hydrogen) atoms. The fourth-order valence-corrected chi connectivity index (χ4v) is 1.62. The summed E-state index contributed by atoms with van der Waals surface area (Å²) in [5.74, 6) is 0.367. The van der Waals surface area contributed by atoms with Crippen LogP contribution in [0.15, 0.2) is 24.3 Å². The van der Waals surface area contributed by atoms with Crippen LogP contribution in [0.5, 0.6) is 11.5 Å².